The number of nitrogens with one attached hydrogen (secondary N) is 1. The van der Waals surface area contributed by atoms with Gasteiger partial charge in [-0.2, -0.15) is 0 Å². The molecule has 1 heterocycles. The maximum atomic E-state index is 12.5. The van der Waals surface area contributed by atoms with Gasteiger partial charge in [-0.25, -0.2) is 9.59 Å². The second kappa shape index (κ2) is 10.2. The summed E-state index contributed by atoms with van der Waals surface area (Å²) in [6.07, 6.45) is 0. The van der Waals surface area contributed by atoms with Crippen molar-refractivity contribution in [1.82, 2.24) is 9.88 Å². The molecular weight excluding hydrogens is 424 g/mol. The number of carbonyl (C=O) groups is 3. The highest BCUT2D eigenvalue weighted by Gasteiger charge is 2.24. The van der Waals surface area contributed by atoms with Crippen LogP contribution in [0.1, 0.15) is 44.6 Å². The van der Waals surface area contributed by atoms with E-state index in [1.165, 1.54) is 4.90 Å². The first-order chi connectivity index (χ1) is 15.7. The number of ether oxygens (including phenoxy) is 3. The van der Waals surface area contributed by atoms with E-state index in [9.17, 15) is 14.4 Å². The summed E-state index contributed by atoms with van der Waals surface area (Å²) < 4.78 is 15.5. The predicted octanol–water partition coefficient (Wildman–Crippen LogP) is 3.79. The molecule has 8 nitrogen and oxygen atoms in total. The first-order valence-electron chi connectivity index (χ1n) is 10.6. The number of likely N-dealkylation sites (N-methyl/N-ethyl adjacent to an activating group) is 1. The van der Waals surface area contributed by atoms with Crippen LogP contribution in [-0.2, 0) is 20.8 Å². The van der Waals surface area contributed by atoms with Crippen molar-refractivity contribution >= 4 is 28.6 Å². The SMILES string of the molecule is CCOC(=O)c1c(C)[nH]c(C(=O)OCC(=O)N(C)Cc2ccc3cc(OC)ccc3c2)c1C. The number of H-pyrrole nitrogens is 1. The summed E-state index contributed by atoms with van der Waals surface area (Å²) >= 11 is 0. The highest BCUT2D eigenvalue weighted by molar-refractivity contribution is 5.99. The maximum absolute atomic E-state index is 12.5. The molecule has 0 unspecified atom stereocenters. The third-order valence-corrected chi connectivity index (χ3v) is 5.41. The Morgan fingerprint density at radius 3 is 2.36 bits per heavy atom. The number of aromatic nitrogens is 1. The average molecular weight is 453 g/mol. The van der Waals surface area contributed by atoms with Crippen LogP contribution in [0, 0.1) is 13.8 Å². The highest BCUT2D eigenvalue weighted by Crippen LogP contribution is 2.23. The molecule has 0 aliphatic heterocycles. The summed E-state index contributed by atoms with van der Waals surface area (Å²) in [5, 5.41) is 2.08. The van der Waals surface area contributed by atoms with Crippen molar-refractivity contribution in [3.63, 3.8) is 0 Å². The molecule has 1 aromatic heterocycles. The lowest BCUT2D eigenvalue weighted by molar-refractivity contribution is -0.133. The second-order valence-electron chi connectivity index (χ2n) is 7.72. The van der Waals surface area contributed by atoms with Gasteiger partial charge in [0.05, 0.1) is 19.3 Å². The summed E-state index contributed by atoms with van der Waals surface area (Å²) in [6.45, 7) is 5.21. The average Bonchev–Trinajstić information content (AvgIpc) is 3.10. The van der Waals surface area contributed by atoms with E-state index in [2.05, 4.69) is 4.98 Å². The van der Waals surface area contributed by atoms with Crippen LogP contribution in [0.3, 0.4) is 0 Å². The first-order valence-corrected chi connectivity index (χ1v) is 10.6. The zero-order valence-electron chi connectivity index (χ0n) is 19.5. The van der Waals surface area contributed by atoms with Gasteiger partial charge in [-0.15, -0.1) is 0 Å². The van der Waals surface area contributed by atoms with Gasteiger partial charge in [0.15, 0.2) is 6.61 Å². The largest absolute Gasteiger partial charge is 0.497 e. The predicted molar refractivity (Wildman–Crippen MR) is 123 cm³/mol. The molecule has 0 spiro atoms. The zero-order valence-corrected chi connectivity index (χ0v) is 19.5. The van der Waals surface area contributed by atoms with Gasteiger partial charge in [-0.05, 0) is 60.9 Å². The minimum atomic E-state index is -0.701. The fraction of sp³-hybridized carbons (Fsp3) is 0.320. The Morgan fingerprint density at radius 2 is 1.67 bits per heavy atom. The molecule has 0 bridgehead atoms. The molecule has 0 saturated heterocycles. The number of aromatic amines is 1. The van der Waals surface area contributed by atoms with E-state index in [0.717, 1.165) is 22.1 Å². The van der Waals surface area contributed by atoms with E-state index in [1.807, 2.05) is 36.4 Å². The Bertz CT molecular complexity index is 1200. The Kier molecular flexibility index (Phi) is 7.37. The van der Waals surface area contributed by atoms with E-state index in [0.29, 0.717) is 23.4 Å². The van der Waals surface area contributed by atoms with Gasteiger partial charge in [0, 0.05) is 19.3 Å². The summed E-state index contributed by atoms with van der Waals surface area (Å²) in [4.78, 5) is 41.5. The molecule has 174 valence electrons. The van der Waals surface area contributed by atoms with Crippen LogP contribution in [0.4, 0.5) is 0 Å². The number of fused-ring (bicyclic) bond motifs is 1. The van der Waals surface area contributed by atoms with Crippen molar-refractivity contribution in [3.8, 4) is 5.75 Å². The molecule has 1 amide bonds. The van der Waals surface area contributed by atoms with Crippen molar-refractivity contribution in [1.29, 1.82) is 0 Å². The van der Waals surface area contributed by atoms with Gasteiger partial charge < -0.3 is 24.1 Å². The van der Waals surface area contributed by atoms with Gasteiger partial charge in [-0.3, -0.25) is 4.79 Å². The van der Waals surface area contributed by atoms with Crippen molar-refractivity contribution in [3.05, 3.63) is 64.5 Å². The van der Waals surface area contributed by atoms with Crippen LogP contribution >= 0.6 is 0 Å². The molecule has 0 atom stereocenters. The summed E-state index contributed by atoms with van der Waals surface area (Å²) in [5.74, 6) is -0.768. The Hall–Kier alpha value is -3.81. The number of amides is 1. The van der Waals surface area contributed by atoms with Gasteiger partial charge in [0.25, 0.3) is 5.91 Å². The number of rotatable bonds is 8. The smallest absolute Gasteiger partial charge is 0.355 e. The minimum Gasteiger partial charge on any atom is -0.497 e. The lowest BCUT2D eigenvalue weighted by Crippen LogP contribution is -2.31. The number of esters is 2. The van der Waals surface area contributed by atoms with Crippen molar-refractivity contribution in [2.45, 2.75) is 27.3 Å². The van der Waals surface area contributed by atoms with Crippen molar-refractivity contribution in [2.24, 2.45) is 0 Å². The molecule has 0 radical (unpaired) electrons. The lowest BCUT2D eigenvalue weighted by Gasteiger charge is -2.17. The maximum Gasteiger partial charge on any atom is 0.355 e. The molecular formula is C25H28N2O6. The number of aryl methyl sites for hydroxylation is 1. The van der Waals surface area contributed by atoms with Gasteiger partial charge >= 0.3 is 11.9 Å². The third kappa shape index (κ3) is 5.34. The molecule has 8 heteroatoms. The zero-order chi connectivity index (χ0) is 24.1. The number of methoxy groups -OCH3 is 1. The van der Waals surface area contributed by atoms with Crippen LogP contribution in [0.2, 0.25) is 0 Å². The van der Waals surface area contributed by atoms with E-state index < -0.39 is 18.5 Å². The van der Waals surface area contributed by atoms with Gasteiger partial charge in [-0.1, -0.05) is 18.2 Å². The Labute approximate surface area is 192 Å². The quantitative estimate of drug-likeness (QED) is 0.522. The molecule has 3 aromatic rings. The summed E-state index contributed by atoms with van der Waals surface area (Å²) in [7, 11) is 3.28. The van der Waals surface area contributed by atoms with Crippen LogP contribution in [0.5, 0.6) is 5.75 Å². The minimum absolute atomic E-state index is 0.135. The fourth-order valence-corrected chi connectivity index (χ4v) is 3.63. The van der Waals surface area contributed by atoms with E-state index in [4.69, 9.17) is 14.2 Å². The van der Waals surface area contributed by atoms with E-state index in [-0.39, 0.29) is 18.2 Å². The van der Waals surface area contributed by atoms with E-state index in [1.54, 1.807) is 34.9 Å². The molecule has 33 heavy (non-hydrogen) atoms. The summed E-state index contributed by atoms with van der Waals surface area (Å²) in [6, 6.07) is 11.7. The Balaban J connectivity index is 1.61. The Morgan fingerprint density at radius 1 is 0.970 bits per heavy atom. The highest BCUT2D eigenvalue weighted by atomic mass is 16.5. The number of benzene rings is 2. The molecule has 2 aromatic carbocycles. The molecule has 0 aliphatic rings. The molecule has 1 N–H and O–H groups in total. The topological polar surface area (TPSA) is 97.9 Å². The van der Waals surface area contributed by atoms with Crippen LogP contribution in [0.25, 0.3) is 10.8 Å². The molecule has 0 aliphatic carbocycles. The first kappa shape index (κ1) is 23.8. The van der Waals surface area contributed by atoms with E-state index >= 15 is 0 Å². The monoisotopic (exact) mass is 452 g/mol. The van der Waals surface area contributed by atoms with Gasteiger partial charge in [0.1, 0.15) is 11.4 Å². The van der Waals surface area contributed by atoms with Gasteiger partial charge in [0.2, 0.25) is 0 Å². The van der Waals surface area contributed by atoms with Crippen LogP contribution < -0.4 is 4.74 Å². The number of hydrogen-bond acceptors (Lipinski definition) is 6. The van der Waals surface area contributed by atoms with Crippen molar-refractivity contribution < 1.29 is 28.6 Å². The molecule has 0 fully saturated rings. The lowest BCUT2D eigenvalue weighted by atomic mass is 10.1. The normalized spacial score (nSPS) is 10.7. The number of hydrogen-bond donors (Lipinski definition) is 1. The molecule has 3 rings (SSSR count). The van der Waals surface area contributed by atoms with Crippen LogP contribution in [-0.4, -0.2) is 55.1 Å². The third-order valence-electron chi connectivity index (χ3n) is 5.41. The van der Waals surface area contributed by atoms with Crippen LogP contribution in [0.15, 0.2) is 36.4 Å². The second-order valence-corrected chi connectivity index (χ2v) is 7.72. The summed E-state index contributed by atoms with van der Waals surface area (Å²) in [5.41, 5.74) is 2.33. The molecule has 0 saturated carbocycles. The van der Waals surface area contributed by atoms with Crippen molar-refractivity contribution in [2.75, 3.05) is 27.4 Å². The standard InChI is InChI=1S/C25H28N2O6/c1-6-32-24(29)22-15(2)23(26-16(22)3)25(30)33-14-21(28)27(4)13-17-7-8-19-12-20(31-5)10-9-18(19)11-17/h7-12,26H,6,13-14H2,1-5H3. The number of nitrogens with zero attached hydrogens (tertiary/aromatic N) is 1. The fourth-order valence-electron chi connectivity index (χ4n) is 3.63. The number of carbonyl (C=O) groups excluding carboxylic acids is 3.